The van der Waals surface area contributed by atoms with E-state index in [1.54, 1.807) is 0 Å². The van der Waals surface area contributed by atoms with Gasteiger partial charge >= 0.3 is 0 Å². The molecule has 0 aliphatic heterocycles. The van der Waals surface area contributed by atoms with Crippen molar-refractivity contribution < 1.29 is 4.42 Å². The number of para-hydroxylation sites is 1. The predicted octanol–water partition coefficient (Wildman–Crippen LogP) is 10.9. The summed E-state index contributed by atoms with van der Waals surface area (Å²) in [5, 5.41) is 2.37. The largest absolute Gasteiger partial charge is 0.435 e. The van der Waals surface area contributed by atoms with E-state index in [9.17, 15) is 0 Å². The summed E-state index contributed by atoms with van der Waals surface area (Å²) in [5.74, 6) is 1.50. The van der Waals surface area contributed by atoms with Gasteiger partial charge in [-0.1, -0.05) is 98.8 Å². The fourth-order valence-electron chi connectivity index (χ4n) is 7.20. The molecule has 1 aromatic heterocycles. The molecule has 0 amide bonds. The first-order valence-corrected chi connectivity index (χ1v) is 14.8. The molecule has 7 aromatic rings. The van der Waals surface area contributed by atoms with Crippen LogP contribution >= 0.6 is 0 Å². The van der Waals surface area contributed by atoms with Gasteiger partial charge in [0.25, 0.3) is 0 Å². The van der Waals surface area contributed by atoms with Gasteiger partial charge in [-0.25, -0.2) is 4.98 Å². The number of rotatable bonds is 4. The van der Waals surface area contributed by atoms with Gasteiger partial charge < -0.3 is 9.32 Å². The highest BCUT2D eigenvalue weighted by Gasteiger charge is 2.36. The minimum Gasteiger partial charge on any atom is -0.435 e. The summed E-state index contributed by atoms with van der Waals surface area (Å²) in [6, 6.07) is 47.6. The Bertz CT molecular complexity index is 2180. The fourth-order valence-corrected chi connectivity index (χ4v) is 7.20. The minimum atomic E-state index is -0.0805. The van der Waals surface area contributed by atoms with Gasteiger partial charge in [0.15, 0.2) is 5.76 Å². The average molecular weight is 553 g/mol. The first kappa shape index (κ1) is 24.2. The van der Waals surface area contributed by atoms with Gasteiger partial charge in [-0.3, -0.25) is 0 Å². The van der Waals surface area contributed by atoms with E-state index < -0.39 is 0 Å². The summed E-state index contributed by atoms with van der Waals surface area (Å²) in [6.45, 7) is 4.68. The zero-order valence-corrected chi connectivity index (χ0v) is 24.0. The van der Waals surface area contributed by atoms with Crippen LogP contribution < -0.4 is 4.90 Å². The van der Waals surface area contributed by atoms with Crippen molar-refractivity contribution in [3.05, 3.63) is 145 Å². The molecule has 43 heavy (non-hydrogen) atoms. The molecular weight excluding hydrogens is 524 g/mol. The van der Waals surface area contributed by atoms with Gasteiger partial charge in [-0.2, -0.15) is 0 Å². The molecule has 2 aliphatic rings. The number of oxazole rings is 1. The van der Waals surface area contributed by atoms with Crippen LogP contribution in [-0.4, -0.2) is 4.98 Å². The van der Waals surface area contributed by atoms with Gasteiger partial charge in [-0.15, -0.1) is 0 Å². The third-order valence-corrected chi connectivity index (χ3v) is 9.25. The standard InChI is InChI=1S/C40H28N2O/c1-40(2)33-19-10-9-16-28(33)29-21-20-27(24-34(29)40)42(26-14-7-4-8-15-26)35-23-22-31-36-30(35)17-11-18-32(36)38-37(31)41-39(43-38)25-12-5-3-6-13-25/h3-24H,1-2H3. The lowest BCUT2D eigenvalue weighted by Crippen LogP contribution is -2.16. The molecule has 0 spiro atoms. The molecule has 3 nitrogen and oxygen atoms in total. The van der Waals surface area contributed by atoms with Crippen LogP contribution in [-0.2, 0) is 5.41 Å². The van der Waals surface area contributed by atoms with E-state index in [1.807, 2.05) is 30.3 Å². The molecule has 0 fully saturated rings. The molecule has 0 saturated carbocycles. The zero-order chi connectivity index (χ0) is 28.7. The van der Waals surface area contributed by atoms with Crippen molar-refractivity contribution in [3.63, 3.8) is 0 Å². The maximum absolute atomic E-state index is 6.43. The second kappa shape index (κ2) is 8.80. The molecular formula is C40H28N2O. The van der Waals surface area contributed by atoms with Gasteiger partial charge in [0.05, 0.1) is 5.69 Å². The van der Waals surface area contributed by atoms with E-state index in [0.717, 1.165) is 45.2 Å². The Morgan fingerprint density at radius 3 is 2.12 bits per heavy atom. The highest BCUT2D eigenvalue weighted by Crippen LogP contribution is 2.53. The third kappa shape index (κ3) is 3.39. The number of aromatic nitrogens is 1. The van der Waals surface area contributed by atoms with Crippen LogP contribution in [0.2, 0.25) is 0 Å². The van der Waals surface area contributed by atoms with Crippen molar-refractivity contribution in [2.75, 3.05) is 4.90 Å². The van der Waals surface area contributed by atoms with Crippen molar-refractivity contribution in [1.29, 1.82) is 0 Å². The first-order chi connectivity index (χ1) is 21.1. The second-order valence-electron chi connectivity index (χ2n) is 12.0. The highest BCUT2D eigenvalue weighted by molar-refractivity contribution is 6.17. The molecule has 6 aromatic carbocycles. The molecule has 0 atom stereocenters. The Kier molecular flexibility index (Phi) is 4.95. The zero-order valence-electron chi connectivity index (χ0n) is 24.0. The van der Waals surface area contributed by atoms with Gasteiger partial charge in [0, 0.05) is 44.3 Å². The van der Waals surface area contributed by atoms with Crippen LogP contribution in [0.1, 0.15) is 25.0 Å². The van der Waals surface area contributed by atoms with Crippen molar-refractivity contribution in [1.82, 2.24) is 4.98 Å². The van der Waals surface area contributed by atoms with Crippen LogP contribution in [0, 0.1) is 0 Å². The molecule has 0 radical (unpaired) electrons. The monoisotopic (exact) mass is 552 g/mol. The van der Waals surface area contributed by atoms with E-state index in [1.165, 1.54) is 33.0 Å². The van der Waals surface area contributed by atoms with Crippen LogP contribution in [0.5, 0.6) is 0 Å². The smallest absolute Gasteiger partial charge is 0.227 e. The summed E-state index contributed by atoms with van der Waals surface area (Å²) < 4.78 is 6.43. The van der Waals surface area contributed by atoms with E-state index in [-0.39, 0.29) is 5.41 Å². The fraction of sp³-hybridized carbons (Fsp3) is 0.0750. The normalized spacial score (nSPS) is 13.5. The van der Waals surface area contributed by atoms with Crippen molar-refractivity contribution in [2.45, 2.75) is 19.3 Å². The van der Waals surface area contributed by atoms with Crippen LogP contribution in [0.15, 0.2) is 138 Å². The Balaban J connectivity index is 1.24. The van der Waals surface area contributed by atoms with Gasteiger partial charge in [0.1, 0.15) is 5.69 Å². The van der Waals surface area contributed by atoms with Crippen LogP contribution in [0.25, 0.3) is 55.9 Å². The number of anilines is 3. The maximum atomic E-state index is 6.43. The Hall–Kier alpha value is -5.41. The third-order valence-electron chi connectivity index (χ3n) is 9.25. The Morgan fingerprint density at radius 1 is 0.581 bits per heavy atom. The quantitative estimate of drug-likeness (QED) is 0.217. The number of nitrogens with zero attached hydrogens (tertiary/aromatic N) is 2. The average Bonchev–Trinajstić information content (AvgIpc) is 3.69. The number of hydrogen-bond acceptors (Lipinski definition) is 3. The lowest BCUT2D eigenvalue weighted by atomic mass is 9.82. The lowest BCUT2D eigenvalue weighted by molar-refractivity contribution is 0.590. The number of benzene rings is 6. The van der Waals surface area contributed by atoms with E-state index in [0.29, 0.717) is 5.89 Å². The molecule has 0 N–H and O–H groups in total. The van der Waals surface area contributed by atoms with Gasteiger partial charge in [0.2, 0.25) is 5.89 Å². The molecule has 0 unspecified atom stereocenters. The summed E-state index contributed by atoms with van der Waals surface area (Å²) >= 11 is 0. The molecule has 2 aliphatic carbocycles. The predicted molar refractivity (Wildman–Crippen MR) is 176 cm³/mol. The van der Waals surface area contributed by atoms with Crippen molar-refractivity contribution in [3.8, 4) is 45.2 Å². The molecule has 9 rings (SSSR count). The summed E-state index contributed by atoms with van der Waals surface area (Å²) in [6.07, 6.45) is 0. The van der Waals surface area contributed by atoms with Crippen LogP contribution in [0.4, 0.5) is 17.1 Å². The summed E-state index contributed by atoms with van der Waals surface area (Å²) in [7, 11) is 0. The van der Waals surface area contributed by atoms with E-state index in [2.05, 4.69) is 122 Å². The SMILES string of the molecule is CC1(C)c2ccccc2-c2ccc(N(c3ccccc3)c3ccc4c5c(cccc35)-c3oc(-c5ccccc5)nc3-4)cc21. The highest BCUT2D eigenvalue weighted by atomic mass is 16.4. The van der Waals surface area contributed by atoms with Gasteiger partial charge in [-0.05, 0) is 70.8 Å². The first-order valence-electron chi connectivity index (χ1n) is 14.8. The number of fused-ring (bicyclic) bond motifs is 6. The Morgan fingerprint density at radius 2 is 1.28 bits per heavy atom. The van der Waals surface area contributed by atoms with E-state index in [4.69, 9.17) is 9.40 Å². The molecule has 3 heteroatoms. The second-order valence-corrected chi connectivity index (χ2v) is 12.0. The lowest BCUT2D eigenvalue weighted by Gasteiger charge is -2.29. The number of hydrogen-bond donors (Lipinski definition) is 0. The minimum absolute atomic E-state index is 0.0805. The van der Waals surface area contributed by atoms with Crippen molar-refractivity contribution in [2.24, 2.45) is 0 Å². The topological polar surface area (TPSA) is 29.3 Å². The Labute approximate surface area is 250 Å². The molecule has 1 heterocycles. The summed E-state index contributed by atoms with van der Waals surface area (Å²) in [4.78, 5) is 7.38. The van der Waals surface area contributed by atoms with Crippen molar-refractivity contribution >= 4 is 27.8 Å². The molecule has 0 bridgehead atoms. The van der Waals surface area contributed by atoms with Crippen LogP contribution in [0.3, 0.4) is 0 Å². The maximum Gasteiger partial charge on any atom is 0.227 e. The summed E-state index contributed by atoms with van der Waals surface area (Å²) in [5.41, 5.74) is 12.8. The molecule has 204 valence electrons. The van der Waals surface area contributed by atoms with E-state index >= 15 is 0 Å². The molecule has 0 saturated heterocycles.